The highest BCUT2D eigenvalue weighted by atomic mass is 16.2. The molecule has 2 aliphatic carbocycles. The Kier molecular flexibility index (Phi) is 5.58. The van der Waals surface area contributed by atoms with E-state index in [0.29, 0.717) is 24.7 Å². The number of benzene rings is 1. The van der Waals surface area contributed by atoms with E-state index in [9.17, 15) is 9.59 Å². The molecule has 0 spiro atoms. The van der Waals surface area contributed by atoms with Crippen LogP contribution >= 0.6 is 0 Å². The molecule has 1 saturated carbocycles. The molecule has 5 rings (SSSR count). The van der Waals surface area contributed by atoms with Crippen molar-refractivity contribution in [3.63, 3.8) is 0 Å². The van der Waals surface area contributed by atoms with Crippen molar-refractivity contribution in [2.75, 3.05) is 11.9 Å². The van der Waals surface area contributed by atoms with E-state index in [4.69, 9.17) is 0 Å². The molecule has 1 aromatic carbocycles. The summed E-state index contributed by atoms with van der Waals surface area (Å²) >= 11 is 0. The van der Waals surface area contributed by atoms with Crippen molar-refractivity contribution >= 4 is 28.4 Å². The van der Waals surface area contributed by atoms with E-state index in [2.05, 4.69) is 15.2 Å². The number of nitrogens with zero attached hydrogens (tertiary/aromatic N) is 2. The Bertz CT molecular complexity index is 1050. The normalized spacial score (nSPS) is 22.3. The number of rotatable bonds is 5. The zero-order valence-electron chi connectivity index (χ0n) is 17.8. The molecular formula is C26H29N3O2. The second-order valence-electron chi connectivity index (χ2n) is 9.09. The van der Waals surface area contributed by atoms with Crippen LogP contribution in [0, 0.1) is 11.8 Å². The van der Waals surface area contributed by atoms with Crippen molar-refractivity contribution in [1.82, 2.24) is 9.88 Å². The monoisotopic (exact) mass is 415 g/mol. The van der Waals surface area contributed by atoms with Crippen LogP contribution in [0.4, 0.5) is 5.82 Å². The maximum Gasteiger partial charge on any atom is 0.248 e. The molecule has 5 heteroatoms. The van der Waals surface area contributed by atoms with E-state index in [1.165, 1.54) is 32.1 Å². The predicted octanol–water partition coefficient (Wildman–Crippen LogP) is 4.86. The fourth-order valence-corrected chi connectivity index (χ4v) is 5.24. The van der Waals surface area contributed by atoms with Crippen molar-refractivity contribution in [3.05, 3.63) is 60.3 Å². The minimum absolute atomic E-state index is 0.0275. The van der Waals surface area contributed by atoms with Crippen molar-refractivity contribution in [3.8, 4) is 0 Å². The number of nitrogens with one attached hydrogen (secondary N) is 1. The van der Waals surface area contributed by atoms with Gasteiger partial charge in [0.2, 0.25) is 5.91 Å². The van der Waals surface area contributed by atoms with Crippen molar-refractivity contribution in [1.29, 1.82) is 0 Å². The highest BCUT2D eigenvalue weighted by Gasteiger charge is 2.37. The molecule has 0 saturated heterocycles. The van der Waals surface area contributed by atoms with Gasteiger partial charge in [0.05, 0.1) is 11.4 Å². The minimum atomic E-state index is -0.282. The Morgan fingerprint density at radius 1 is 1.13 bits per heavy atom. The van der Waals surface area contributed by atoms with Gasteiger partial charge in [0.15, 0.2) is 0 Å². The van der Waals surface area contributed by atoms with Crippen molar-refractivity contribution in [2.45, 2.75) is 51.0 Å². The summed E-state index contributed by atoms with van der Waals surface area (Å²) in [4.78, 5) is 32.6. The predicted molar refractivity (Wildman–Crippen MR) is 122 cm³/mol. The number of para-hydroxylation sites is 1. The van der Waals surface area contributed by atoms with E-state index >= 15 is 0 Å². The average molecular weight is 416 g/mol. The van der Waals surface area contributed by atoms with Crippen LogP contribution in [-0.4, -0.2) is 34.2 Å². The number of amides is 1. The van der Waals surface area contributed by atoms with Gasteiger partial charge in [-0.25, -0.2) is 4.98 Å². The number of carbonyl (C=O) groups excluding carboxylic acids is 2. The molecule has 1 aliphatic heterocycles. The van der Waals surface area contributed by atoms with Gasteiger partial charge in [-0.3, -0.25) is 9.59 Å². The van der Waals surface area contributed by atoms with Gasteiger partial charge in [0, 0.05) is 24.6 Å². The first-order chi connectivity index (χ1) is 15.2. The first-order valence-electron chi connectivity index (χ1n) is 11.5. The molecular weight excluding hydrogens is 386 g/mol. The number of aromatic nitrogens is 1. The third-order valence-corrected chi connectivity index (χ3v) is 6.96. The maximum atomic E-state index is 13.5. The van der Waals surface area contributed by atoms with Crippen LogP contribution in [0.5, 0.6) is 0 Å². The third kappa shape index (κ3) is 4.27. The van der Waals surface area contributed by atoms with E-state index in [0.717, 1.165) is 22.9 Å². The summed E-state index contributed by atoms with van der Waals surface area (Å²) in [6.07, 6.45) is 13.5. The van der Waals surface area contributed by atoms with Crippen molar-refractivity contribution < 1.29 is 9.59 Å². The zero-order chi connectivity index (χ0) is 21.2. The molecule has 1 amide bonds. The minimum Gasteiger partial charge on any atom is -0.364 e. The smallest absolute Gasteiger partial charge is 0.248 e. The quantitative estimate of drug-likeness (QED) is 0.758. The summed E-state index contributed by atoms with van der Waals surface area (Å²) in [7, 11) is 0. The summed E-state index contributed by atoms with van der Waals surface area (Å²) in [5.74, 6) is 1.27. The maximum absolute atomic E-state index is 13.5. The Balaban J connectivity index is 1.37. The van der Waals surface area contributed by atoms with Crippen molar-refractivity contribution in [2.24, 2.45) is 11.8 Å². The molecule has 1 unspecified atom stereocenters. The summed E-state index contributed by atoms with van der Waals surface area (Å²) in [5, 5.41) is 4.12. The molecule has 5 nitrogen and oxygen atoms in total. The van der Waals surface area contributed by atoms with E-state index in [1.807, 2.05) is 54.8 Å². The molecule has 2 atom stereocenters. The summed E-state index contributed by atoms with van der Waals surface area (Å²) in [6.45, 7) is 0.606. The lowest BCUT2D eigenvalue weighted by molar-refractivity contribution is -0.123. The lowest BCUT2D eigenvalue weighted by atomic mass is 9.84. The average Bonchev–Trinajstić information content (AvgIpc) is 3.23. The van der Waals surface area contributed by atoms with Gasteiger partial charge in [-0.2, -0.15) is 0 Å². The summed E-state index contributed by atoms with van der Waals surface area (Å²) in [6, 6.07) is 11.5. The number of Topliss-reactive ketones (excluding diaryl/α,β-unsaturated/α-hetero) is 1. The molecule has 0 radical (unpaired) electrons. The van der Waals surface area contributed by atoms with Crippen LogP contribution in [-0.2, 0) is 9.59 Å². The van der Waals surface area contributed by atoms with Gasteiger partial charge < -0.3 is 10.2 Å². The molecule has 160 valence electrons. The fraction of sp³-hybridized carbons (Fsp3) is 0.423. The highest BCUT2D eigenvalue weighted by molar-refractivity contribution is 5.95. The Hall–Kier alpha value is -2.95. The molecule has 1 fully saturated rings. The number of anilines is 1. The summed E-state index contributed by atoms with van der Waals surface area (Å²) < 4.78 is 0. The van der Waals surface area contributed by atoms with Gasteiger partial charge in [-0.15, -0.1) is 0 Å². The van der Waals surface area contributed by atoms with Gasteiger partial charge in [-0.1, -0.05) is 62.5 Å². The van der Waals surface area contributed by atoms with Gasteiger partial charge in [0.25, 0.3) is 0 Å². The van der Waals surface area contributed by atoms with Crippen LogP contribution in [0.2, 0.25) is 0 Å². The Morgan fingerprint density at radius 2 is 1.97 bits per heavy atom. The van der Waals surface area contributed by atoms with Gasteiger partial charge in [0.1, 0.15) is 17.6 Å². The first-order valence-corrected chi connectivity index (χ1v) is 11.5. The van der Waals surface area contributed by atoms with E-state index in [-0.39, 0.29) is 23.7 Å². The number of pyridine rings is 1. The van der Waals surface area contributed by atoms with Gasteiger partial charge >= 0.3 is 0 Å². The highest BCUT2D eigenvalue weighted by Crippen LogP contribution is 2.34. The SMILES string of the molecule is O=C1CC=CC2=CN([C@@H](CC3CCCCC3)C(=O)Nc3ccc4ccccc4n3)CC12. The lowest BCUT2D eigenvalue weighted by Crippen LogP contribution is -2.43. The Labute approximate surface area is 183 Å². The molecule has 3 aliphatic rings. The largest absolute Gasteiger partial charge is 0.364 e. The zero-order valence-corrected chi connectivity index (χ0v) is 17.8. The second kappa shape index (κ2) is 8.66. The molecule has 2 aromatic rings. The van der Waals surface area contributed by atoms with Crippen LogP contribution in [0.25, 0.3) is 10.9 Å². The lowest BCUT2D eigenvalue weighted by Gasteiger charge is -2.32. The number of ketones is 1. The summed E-state index contributed by atoms with van der Waals surface area (Å²) in [5.41, 5.74) is 1.91. The number of hydrogen-bond acceptors (Lipinski definition) is 4. The van der Waals surface area contributed by atoms with Crippen LogP contribution in [0.1, 0.15) is 44.9 Å². The van der Waals surface area contributed by atoms with Crippen LogP contribution in [0.3, 0.4) is 0 Å². The first kappa shape index (κ1) is 20.0. The molecule has 2 heterocycles. The topological polar surface area (TPSA) is 62.3 Å². The standard InChI is InChI=1S/C26H29N3O2/c30-24-12-6-10-20-16-29(17-21(20)24)23(15-18-7-2-1-3-8-18)26(31)28-25-14-13-19-9-4-5-11-22(19)27-25/h4-6,9-11,13-14,16,18,21,23H,1-3,7-8,12,15,17H2,(H,27,28,31)/t21?,23-/m0/s1. The number of fused-ring (bicyclic) bond motifs is 2. The molecule has 0 bridgehead atoms. The molecule has 1 aromatic heterocycles. The number of hydrogen-bond donors (Lipinski definition) is 1. The molecule has 1 N–H and O–H groups in total. The third-order valence-electron chi connectivity index (χ3n) is 6.96. The van der Waals surface area contributed by atoms with Gasteiger partial charge in [-0.05, 0) is 36.1 Å². The Morgan fingerprint density at radius 3 is 2.81 bits per heavy atom. The van der Waals surface area contributed by atoms with E-state index in [1.54, 1.807) is 0 Å². The molecule has 31 heavy (non-hydrogen) atoms. The second-order valence-corrected chi connectivity index (χ2v) is 9.09. The van der Waals surface area contributed by atoms with Crippen LogP contribution < -0.4 is 5.32 Å². The number of carbonyl (C=O) groups is 2. The van der Waals surface area contributed by atoms with Crippen LogP contribution in [0.15, 0.2) is 60.3 Å². The fourth-order valence-electron chi connectivity index (χ4n) is 5.24. The van der Waals surface area contributed by atoms with E-state index < -0.39 is 0 Å². The number of allylic oxidation sites excluding steroid dienone is 2.